The highest BCUT2D eigenvalue weighted by Crippen LogP contribution is 2.29. The van der Waals surface area contributed by atoms with Crippen LogP contribution in [0.5, 0.6) is 0 Å². The van der Waals surface area contributed by atoms with E-state index in [1.165, 1.54) is 0 Å². The maximum Gasteiger partial charge on any atom is 0.259 e. The highest BCUT2D eigenvalue weighted by molar-refractivity contribution is 5.49. The number of aromatic nitrogens is 2. The van der Waals surface area contributed by atoms with Crippen LogP contribution in [0.3, 0.4) is 0 Å². The summed E-state index contributed by atoms with van der Waals surface area (Å²) >= 11 is 0. The molecule has 0 radical (unpaired) electrons. The standard InChI is InChI=1S/C14H16N4O/c19-14-5-13(16-12-3-1-2-4-18(12)14)17-8-10-6-15-7-11(10)9-17/h1-5,10-11,15H,6-9H2/t10-,11+. The number of anilines is 1. The van der Waals surface area contributed by atoms with E-state index in [0.717, 1.165) is 37.6 Å². The summed E-state index contributed by atoms with van der Waals surface area (Å²) in [5, 5.41) is 3.42. The minimum absolute atomic E-state index is 0.00390. The molecule has 5 nitrogen and oxygen atoms in total. The third-order valence-electron chi connectivity index (χ3n) is 4.27. The summed E-state index contributed by atoms with van der Waals surface area (Å²) in [6.07, 6.45) is 1.76. The van der Waals surface area contributed by atoms with Crippen LogP contribution in [0, 0.1) is 11.8 Å². The number of hydrogen-bond donors (Lipinski definition) is 1. The van der Waals surface area contributed by atoms with Gasteiger partial charge < -0.3 is 10.2 Å². The molecule has 2 atom stereocenters. The summed E-state index contributed by atoms with van der Waals surface area (Å²) in [5.74, 6) is 2.23. The molecule has 0 amide bonds. The summed E-state index contributed by atoms with van der Waals surface area (Å²) in [5.41, 5.74) is 0.718. The number of rotatable bonds is 1. The molecule has 5 heteroatoms. The molecule has 1 N–H and O–H groups in total. The normalized spacial score (nSPS) is 26.0. The molecule has 0 unspecified atom stereocenters. The lowest BCUT2D eigenvalue weighted by atomic mass is 10.0. The number of nitrogens with zero attached hydrogens (tertiary/aromatic N) is 3. The largest absolute Gasteiger partial charge is 0.356 e. The number of nitrogens with one attached hydrogen (secondary N) is 1. The van der Waals surface area contributed by atoms with Crippen LogP contribution in [0.25, 0.3) is 5.65 Å². The minimum Gasteiger partial charge on any atom is -0.356 e. The van der Waals surface area contributed by atoms with Crippen molar-refractivity contribution in [3.8, 4) is 0 Å². The lowest BCUT2D eigenvalue weighted by molar-refractivity contribution is 0.533. The monoisotopic (exact) mass is 256 g/mol. The Morgan fingerprint density at radius 1 is 1.21 bits per heavy atom. The Morgan fingerprint density at radius 2 is 2.00 bits per heavy atom. The predicted molar refractivity (Wildman–Crippen MR) is 73.5 cm³/mol. The molecule has 4 heterocycles. The number of hydrogen-bond acceptors (Lipinski definition) is 4. The van der Waals surface area contributed by atoms with Gasteiger partial charge in [0.15, 0.2) is 0 Å². The second-order valence-electron chi connectivity index (χ2n) is 5.46. The van der Waals surface area contributed by atoms with Crippen molar-refractivity contribution < 1.29 is 0 Å². The molecular weight excluding hydrogens is 240 g/mol. The second-order valence-corrected chi connectivity index (χ2v) is 5.46. The van der Waals surface area contributed by atoms with E-state index in [4.69, 9.17) is 0 Å². The predicted octanol–water partition coefficient (Wildman–Crippen LogP) is 0.350. The Labute approximate surface area is 110 Å². The zero-order chi connectivity index (χ0) is 12.8. The van der Waals surface area contributed by atoms with E-state index in [1.54, 1.807) is 16.7 Å². The van der Waals surface area contributed by atoms with Crippen LogP contribution in [-0.4, -0.2) is 35.6 Å². The Hall–Kier alpha value is -1.88. The van der Waals surface area contributed by atoms with Gasteiger partial charge in [0, 0.05) is 38.4 Å². The Kier molecular flexibility index (Phi) is 2.35. The van der Waals surface area contributed by atoms with E-state index >= 15 is 0 Å². The lowest BCUT2D eigenvalue weighted by Crippen LogP contribution is -2.28. The first-order valence-corrected chi connectivity index (χ1v) is 6.75. The summed E-state index contributed by atoms with van der Waals surface area (Å²) in [6, 6.07) is 7.29. The first-order chi connectivity index (χ1) is 9.31. The van der Waals surface area contributed by atoms with Gasteiger partial charge in [0.05, 0.1) is 0 Å². The molecule has 2 aliphatic rings. The molecule has 98 valence electrons. The van der Waals surface area contributed by atoms with Crippen molar-refractivity contribution in [3.63, 3.8) is 0 Å². The van der Waals surface area contributed by atoms with Crippen molar-refractivity contribution in [1.82, 2.24) is 14.7 Å². The zero-order valence-corrected chi connectivity index (χ0v) is 10.6. The molecule has 2 aromatic heterocycles. The molecule has 2 saturated heterocycles. The molecule has 0 aliphatic carbocycles. The highest BCUT2D eigenvalue weighted by Gasteiger charge is 2.36. The van der Waals surface area contributed by atoms with Gasteiger partial charge in [-0.3, -0.25) is 9.20 Å². The molecule has 0 spiro atoms. The van der Waals surface area contributed by atoms with E-state index in [1.807, 2.05) is 18.2 Å². The average molecular weight is 256 g/mol. The Balaban J connectivity index is 1.74. The topological polar surface area (TPSA) is 49.6 Å². The Morgan fingerprint density at radius 3 is 2.79 bits per heavy atom. The second kappa shape index (κ2) is 4.06. The van der Waals surface area contributed by atoms with Crippen LogP contribution in [0.4, 0.5) is 5.82 Å². The molecule has 2 fully saturated rings. The van der Waals surface area contributed by atoms with Gasteiger partial charge in [0.1, 0.15) is 11.5 Å². The third kappa shape index (κ3) is 1.73. The summed E-state index contributed by atoms with van der Waals surface area (Å²) in [7, 11) is 0. The Bertz CT molecular complexity index is 668. The first kappa shape index (κ1) is 11.0. The third-order valence-corrected chi connectivity index (χ3v) is 4.27. The molecule has 2 aliphatic heterocycles. The average Bonchev–Trinajstić information content (AvgIpc) is 2.99. The van der Waals surface area contributed by atoms with E-state index in [9.17, 15) is 4.79 Å². The van der Waals surface area contributed by atoms with Crippen LogP contribution in [0.15, 0.2) is 35.3 Å². The maximum absolute atomic E-state index is 12.1. The van der Waals surface area contributed by atoms with Gasteiger partial charge in [0.2, 0.25) is 0 Å². The van der Waals surface area contributed by atoms with Crippen molar-refractivity contribution in [2.75, 3.05) is 31.1 Å². The van der Waals surface area contributed by atoms with Gasteiger partial charge in [-0.05, 0) is 24.0 Å². The van der Waals surface area contributed by atoms with Gasteiger partial charge in [-0.1, -0.05) is 6.07 Å². The summed E-state index contributed by atoms with van der Waals surface area (Å²) in [4.78, 5) is 19.0. The highest BCUT2D eigenvalue weighted by atomic mass is 16.1. The van der Waals surface area contributed by atoms with Gasteiger partial charge in [-0.2, -0.15) is 0 Å². The quantitative estimate of drug-likeness (QED) is 0.800. The molecule has 19 heavy (non-hydrogen) atoms. The SMILES string of the molecule is O=c1cc(N2C[C@H]3CNC[C@H]3C2)nc2ccccn12. The van der Waals surface area contributed by atoms with Gasteiger partial charge in [-0.25, -0.2) is 4.98 Å². The summed E-state index contributed by atoms with van der Waals surface area (Å²) < 4.78 is 1.59. The van der Waals surface area contributed by atoms with Gasteiger partial charge >= 0.3 is 0 Å². The van der Waals surface area contributed by atoms with Crippen molar-refractivity contribution in [1.29, 1.82) is 0 Å². The van der Waals surface area contributed by atoms with Crippen molar-refractivity contribution in [2.24, 2.45) is 11.8 Å². The molecule has 0 bridgehead atoms. The van der Waals surface area contributed by atoms with E-state index < -0.39 is 0 Å². The summed E-state index contributed by atoms with van der Waals surface area (Å²) in [6.45, 7) is 4.20. The minimum atomic E-state index is -0.00390. The van der Waals surface area contributed by atoms with Crippen LogP contribution >= 0.6 is 0 Å². The van der Waals surface area contributed by atoms with Crippen molar-refractivity contribution in [2.45, 2.75) is 0 Å². The fourth-order valence-corrected chi connectivity index (χ4v) is 3.25. The van der Waals surface area contributed by atoms with Gasteiger partial charge in [0.25, 0.3) is 5.56 Å². The lowest BCUT2D eigenvalue weighted by Gasteiger charge is -2.18. The zero-order valence-electron chi connectivity index (χ0n) is 10.6. The number of fused-ring (bicyclic) bond motifs is 2. The van der Waals surface area contributed by atoms with Crippen LogP contribution in [0.2, 0.25) is 0 Å². The fraction of sp³-hybridized carbons (Fsp3) is 0.429. The van der Waals surface area contributed by atoms with Crippen LogP contribution < -0.4 is 15.8 Å². The number of pyridine rings is 1. The first-order valence-electron chi connectivity index (χ1n) is 6.75. The van der Waals surface area contributed by atoms with Crippen LogP contribution in [-0.2, 0) is 0 Å². The van der Waals surface area contributed by atoms with E-state index in [-0.39, 0.29) is 5.56 Å². The van der Waals surface area contributed by atoms with E-state index in [0.29, 0.717) is 11.8 Å². The molecule has 0 aromatic carbocycles. The maximum atomic E-state index is 12.1. The fourth-order valence-electron chi connectivity index (χ4n) is 3.25. The molecule has 0 saturated carbocycles. The molecule has 2 aromatic rings. The smallest absolute Gasteiger partial charge is 0.259 e. The van der Waals surface area contributed by atoms with E-state index in [2.05, 4.69) is 15.2 Å². The molecule has 4 rings (SSSR count). The van der Waals surface area contributed by atoms with Crippen LogP contribution in [0.1, 0.15) is 0 Å². The van der Waals surface area contributed by atoms with Crippen molar-refractivity contribution in [3.05, 3.63) is 40.8 Å². The van der Waals surface area contributed by atoms with Crippen molar-refractivity contribution >= 4 is 11.5 Å². The molecular formula is C14H16N4O. The van der Waals surface area contributed by atoms with Gasteiger partial charge in [-0.15, -0.1) is 0 Å².